The Bertz CT molecular complexity index is 1140. The molecule has 0 aliphatic heterocycles. The van der Waals surface area contributed by atoms with Gasteiger partial charge >= 0.3 is 0 Å². The Morgan fingerprint density at radius 1 is 0.714 bits per heavy atom. The molecule has 0 heterocycles. The molecule has 3 amide bonds. The quantitative estimate of drug-likeness (QED) is 0.374. The number of anilines is 3. The van der Waals surface area contributed by atoms with E-state index in [0.717, 1.165) is 5.56 Å². The van der Waals surface area contributed by atoms with Crippen molar-refractivity contribution in [3.05, 3.63) is 90.0 Å². The van der Waals surface area contributed by atoms with Crippen LogP contribution in [0.25, 0.3) is 0 Å². The molecule has 0 atom stereocenters. The Hall–Kier alpha value is -4.13. The van der Waals surface area contributed by atoms with Gasteiger partial charge in [0.2, 0.25) is 11.8 Å². The molecule has 3 rings (SSSR count). The van der Waals surface area contributed by atoms with Gasteiger partial charge in [0.25, 0.3) is 5.91 Å². The highest BCUT2D eigenvalue weighted by Gasteiger charge is 2.13. The van der Waals surface area contributed by atoms with Crippen molar-refractivity contribution < 1.29 is 14.4 Å². The normalized spacial score (nSPS) is 10.3. The Morgan fingerprint density at radius 2 is 1.34 bits per heavy atom. The molecule has 0 aromatic heterocycles. The van der Waals surface area contributed by atoms with Crippen molar-refractivity contribution in [2.75, 3.05) is 35.6 Å². The maximum absolute atomic E-state index is 12.5. The fourth-order valence-electron chi connectivity index (χ4n) is 3.64. The van der Waals surface area contributed by atoms with Crippen molar-refractivity contribution in [2.24, 2.45) is 0 Å². The molecule has 3 N–H and O–H groups in total. The maximum atomic E-state index is 12.5. The fraction of sp³-hybridized carbons (Fsp3) is 0.250. The smallest absolute Gasteiger partial charge is 0.253 e. The maximum Gasteiger partial charge on any atom is 0.253 e. The lowest BCUT2D eigenvalue weighted by molar-refractivity contribution is -0.116. The SMILES string of the molecule is CCN(CC)C(=O)c1cccc(NCC(=O)Nc2cccc(NC(=O)CCc3ccccc3)c2)c1. The molecular formula is C28H32N4O3. The molecule has 0 spiro atoms. The molecule has 3 aromatic carbocycles. The number of nitrogens with zero attached hydrogens (tertiary/aromatic N) is 1. The highest BCUT2D eigenvalue weighted by Crippen LogP contribution is 2.17. The molecule has 7 heteroatoms. The molecule has 0 unspecified atom stereocenters. The number of nitrogens with one attached hydrogen (secondary N) is 3. The van der Waals surface area contributed by atoms with Crippen molar-refractivity contribution in [1.29, 1.82) is 0 Å². The summed E-state index contributed by atoms with van der Waals surface area (Å²) in [6, 6.07) is 24.0. The van der Waals surface area contributed by atoms with E-state index in [1.54, 1.807) is 47.4 Å². The second kappa shape index (κ2) is 12.9. The van der Waals surface area contributed by atoms with Crippen LogP contribution in [0.2, 0.25) is 0 Å². The van der Waals surface area contributed by atoms with Gasteiger partial charge in [-0.05, 0) is 62.2 Å². The summed E-state index contributed by atoms with van der Waals surface area (Å²) in [7, 11) is 0. The molecule has 0 fully saturated rings. The van der Waals surface area contributed by atoms with E-state index in [1.807, 2.05) is 50.2 Å². The first kappa shape index (κ1) is 25.5. The Labute approximate surface area is 206 Å². The minimum atomic E-state index is -0.238. The van der Waals surface area contributed by atoms with Gasteiger partial charge in [-0.15, -0.1) is 0 Å². The highest BCUT2D eigenvalue weighted by molar-refractivity contribution is 5.97. The number of carbonyl (C=O) groups is 3. The van der Waals surface area contributed by atoms with E-state index < -0.39 is 0 Å². The standard InChI is InChI=1S/C28H32N4O3/c1-3-32(4-2)28(35)22-12-8-13-23(18-22)29-20-27(34)31-25-15-9-14-24(19-25)30-26(33)17-16-21-10-6-5-7-11-21/h5-15,18-19,29H,3-4,16-17,20H2,1-2H3,(H,30,33)(H,31,34). The zero-order valence-corrected chi connectivity index (χ0v) is 20.2. The number of rotatable bonds is 11. The first-order valence-corrected chi connectivity index (χ1v) is 11.9. The number of amides is 3. The van der Waals surface area contributed by atoms with Gasteiger partial charge in [-0.3, -0.25) is 14.4 Å². The van der Waals surface area contributed by atoms with E-state index in [1.165, 1.54) is 0 Å². The third kappa shape index (κ3) is 7.99. The summed E-state index contributed by atoms with van der Waals surface area (Å²) >= 11 is 0. The van der Waals surface area contributed by atoms with Crippen LogP contribution in [0, 0.1) is 0 Å². The second-order valence-electron chi connectivity index (χ2n) is 8.07. The predicted molar refractivity (Wildman–Crippen MR) is 141 cm³/mol. The summed E-state index contributed by atoms with van der Waals surface area (Å²) in [5.74, 6) is -0.359. The number of aryl methyl sites for hydroxylation is 1. The van der Waals surface area contributed by atoms with E-state index in [2.05, 4.69) is 16.0 Å². The van der Waals surface area contributed by atoms with Crippen molar-refractivity contribution in [1.82, 2.24) is 4.90 Å². The lowest BCUT2D eigenvalue weighted by atomic mass is 10.1. The molecule has 0 saturated carbocycles. The van der Waals surface area contributed by atoms with Crippen LogP contribution in [0.15, 0.2) is 78.9 Å². The van der Waals surface area contributed by atoms with Crippen LogP contribution in [0.1, 0.15) is 36.2 Å². The third-order valence-electron chi connectivity index (χ3n) is 5.53. The van der Waals surface area contributed by atoms with Crippen molar-refractivity contribution in [3.63, 3.8) is 0 Å². The van der Waals surface area contributed by atoms with Gasteiger partial charge < -0.3 is 20.9 Å². The molecule has 7 nitrogen and oxygen atoms in total. The molecule has 35 heavy (non-hydrogen) atoms. The fourth-order valence-corrected chi connectivity index (χ4v) is 3.64. The average Bonchev–Trinajstić information content (AvgIpc) is 2.88. The molecule has 0 aliphatic rings. The number of hydrogen-bond donors (Lipinski definition) is 3. The lowest BCUT2D eigenvalue weighted by Gasteiger charge is -2.19. The highest BCUT2D eigenvalue weighted by atomic mass is 16.2. The number of carbonyl (C=O) groups excluding carboxylic acids is 3. The predicted octanol–water partition coefficient (Wildman–Crippen LogP) is 4.79. The molecule has 3 aromatic rings. The summed E-state index contributed by atoms with van der Waals surface area (Å²) < 4.78 is 0. The van der Waals surface area contributed by atoms with Crippen molar-refractivity contribution in [2.45, 2.75) is 26.7 Å². The van der Waals surface area contributed by atoms with Gasteiger partial charge in [-0.25, -0.2) is 0 Å². The van der Waals surface area contributed by atoms with Gasteiger partial charge in [0.05, 0.1) is 6.54 Å². The number of benzene rings is 3. The van der Waals surface area contributed by atoms with Crippen LogP contribution >= 0.6 is 0 Å². The van der Waals surface area contributed by atoms with Gasteiger partial charge in [-0.1, -0.05) is 42.5 Å². The van der Waals surface area contributed by atoms with E-state index >= 15 is 0 Å². The van der Waals surface area contributed by atoms with Crippen LogP contribution < -0.4 is 16.0 Å². The summed E-state index contributed by atoms with van der Waals surface area (Å²) in [5, 5.41) is 8.77. The molecule has 182 valence electrons. The van der Waals surface area contributed by atoms with Gasteiger partial charge in [0.15, 0.2) is 0 Å². The third-order valence-corrected chi connectivity index (χ3v) is 5.53. The topological polar surface area (TPSA) is 90.5 Å². The van der Waals surface area contributed by atoms with Gasteiger partial charge in [-0.2, -0.15) is 0 Å². The van der Waals surface area contributed by atoms with Crippen LogP contribution in [0.3, 0.4) is 0 Å². The van der Waals surface area contributed by atoms with Crippen molar-refractivity contribution in [3.8, 4) is 0 Å². The van der Waals surface area contributed by atoms with E-state index in [9.17, 15) is 14.4 Å². The minimum absolute atomic E-state index is 0.0364. The largest absolute Gasteiger partial charge is 0.376 e. The molecule has 0 saturated heterocycles. The molecule has 0 radical (unpaired) electrons. The van der Waals surface area contributed by atoms with E-state index in [0.29, 0.717) is 48.6 Å². The lowest BCUT2D eigenvalue weighted by Crippen LogP contribution is -2.30. The summed E-state index contributed by atoms with van der Waals surface area (Å²) in [6.45, 7) is 5.21. The Kier molecular flexibility index (Phi) is 9.42. The van der Waals surface area contributed by atoms with Crippen molar-refractivity contribution >= 4 is 34.8 Å². The first-order chi connectivity index (χ1) is 17.0. The zero-order chi connectivity index (χ0) is 25.0. The second-order valence-corrected chi connectivity index (χ2v) is 8.07. The number of hydrogen-bond acceptors (Lipinski definition) is 4. The molecule has 0 bridgehead atoms. The van der Waals surface area contributed by atoms with Crippen LogP contribution in [0.5, 0.6) is 0 Å². The van der Waals surface area contributed by atoms with Gasteiger partial charge in [0.1, 0.15) is 0 Å². The Balaban J connectivity index is 1.50. The van der Waals surface area contributed by atoms with Crippen LogP contribution in [-0.2, 0) is 16.0 Å². The zero-order valence-electron chi connectivity index (χ0n) is 20.2. The summed E-state index contributed by atoms with van der Waals surface area (Å²) in [6.07, 6.45) is 1.04. The summed E-state index contributed by atoms with van der Waals surface area (Å²) in [5.41, 5.74) is 3.59. The van der Waals surface area contributed by atoms with Crippen LogP contribution in [-0.4, -0.2) is 42.3 Å². The van der Waals surface area contributed by atoms with E-state index in [-0.39, 0.29) is 24.3 Å². The minimum Gasteiger partial charge on any atom is -0.376 e. The van der Waals surface area contributed by atoms with Crippen LogP contribution in [0.4, 0.5) is 17.1 Å². The van der Waals surface area contributed by atoms with Gasteiger partial charge in [0, 0.05) is 42.1 Å². The van der Waals surface area contributed by atoms with E-state index in [4.69, 9.17) is 0 Å². The summed E-state index contributed by atoms with van der Waals surface area (Å²) in [4.78, 5) is 39.1. The molecular weight excluding hydrogens is 440 g/mol. The Morgan fingerprint density at radius 3 is 2.03 bits per heavy atom. The first-order valence-electron chi connectivity index (χ1n) is 11.9. The monoisotopic (exact) mass is 472 g/mol. The molecule has 0 aliphatic carbocycles. The average molecular weight is 473 g/mol.